The minimum atomic E-state index is -0.774. The summed E-state index contributed by atoms with van der Waals surface area (Å²) in [4.78, 5) is 37.7. The van der Waals surface area contributed by atoms with E-state index in [1.165, 1.54) is 0 Å². The molecule has 1 saturated carbocycles. The number of rotatable bonds is 5. The van der Waals surface area contributed by atoms with Crippen molar-refractivity contribution in [3.8, 4) is 6.07 Å². The summed E-state index contributed by atoms with van der Waals surface area (Å²) in [6, 6.07) is 12.8. The maximum atomic E-state index is 12.9. The van der Waals surface area contributed by atoms with Crippen LogP contribution >= 0.6 is 34.7 Å². The molecule has 236 valence electrons. The van der Waals surface area contributed by atoms with Crippen LogP contribution in [-0.4, -0.2) is 27.8 Å². The normalized spacial score (nSPS) is 15.3. The fourth-order valence-electron chi connectivity index (χ4n) is 5.66. The molecule has 2 aromatic carbocycles. The average molecular weight is 669 g/mol. The summed E-state index contributed by atoms with van der Waals surface area (Å²) >= 11 is 12.4. The van der Waals surface area contributed by atoms with Gasteiger partial charge in [0.1, 0.15) is 21.5 Å². The van der Waals surface area contributed by atoms with Gasteiger partial charge in [-0.15, -0.1) is 0 Å². The Morgan fingerprint density at radius 2 is 1.73 bits per heavy atom. The summed E-state index contributed by atoms with van der Waals surface area (Å²) in [7, 11) is 0. The van der Waals surface area contributed by atoms with E-state index in [0.717, 1.165) is 46.6 Å². The van der Waals surface area contributed by atoms with E-state index in [4.69, 9.17) is 37.9 Å². The highest BCUT2D eigenvalue weighted by molar-refractivity contribution is 7.09. The van der Waals surface area contributed by atoms with E-state index in [0.29, 0.717) is 41.8 Å². The molecule has 1 aliphatic carbocycles. The molecular formula is C34H35Cl2N3O5S. The number of halogens is 2. The number of amides is 1. The molecule has 1 aromatic heterocycles. The highest BCUT2D eigenvalue weighted by atomic mass is 35.5. The second-order valence-electron chi connectivity index (χ2n) is 12.5. The Balaban J connectivity index is 0.000000222. The molecule has 11 heteroatoms. The third-order valence-electron chi connectivity index (χ3n) is 7.46. The van der Waals surface area contributed by atoms with Crippen molar-refractivity contribution in [3.05, 3.63) is 85.0 Å². The number of nitrogens with zero attached hydrogens (tertiary/aromatic N) is 2. The molecule has 3 aromatic rings. The third kappa shape index (κ3) is 7.75. The standard InChI is InChI=1S/C23H30O4.C11H5Cl2N3OS/c1-14-11-15(2)18(16(3)12-14)19-20(26-17(24)13-22(4,5)6)23(27-21(19)25)9-7-8-10-23;12-8-9(18-16-10(8)13)11(17)15-7-4-2-1-3-6(7)5-14/h11-12H,7-10,13H2,1-6H3;1-4H,(H,15,17). The Morgan fingerprint density at radius 1 is 1.11 bits per heavy atom. The first-order chi connectivity index (χ1) is 21.2. The van der Waals surface area contributed by atoms with Gasteiger partial charge in [-0.3, -0.25) is 9.59 Å². The van der Waals surface area contributed by atoms with E-state index in [1.54, 1.807) is 24.3 Å². The number of hydrogen-bond acceptors (Lipinski definition) is 8. The third-order valence-corrected chi connectivity index (χ3v) is 9.26. The summed E-state index contributed by atoms with van der Waals surface area (Å²) in [5.74, 6) is -0.672. The van der Waals surface area contributed by atoms with Crippen LogP contribution < -0.4 is 5.32 Å². The van der Waals surface area contributed by atoms with Crippen molar-refractivity contribution in [3.63, 3.8) is 0 Å². The molecule has 0 unspecified atom stereocenters. The molecule has 1 fully saturated rings. The highest BCUT2D eigenvalue weighted by Crippen LogP contribution is 2.49. The monoisotopic (exact) mass is 667 g/mol. The van der Waals surface area contributed by atoms with Gasteiger partial charge in [-0.05, 0) is 92.2 Å². The lowest BCUT2D eigenvalue weighted by atomic mass is 9.89. The maximum absolute atomic E-state index is 12.9. The summed E-state index contributed by atoms with van der Waals surface area (Å²) in [6.45, 7) is 12.0. The summed E-state index contributed by atoms with van der Waals surface area (Å²) in [6.07, 6.45) is 3.65. The van der Waals surface area contributed by atoms with Crippen molar-refractivity contribution in [1.29, 1.82) is 5.26 Å². The molecule has 2 heterocycles. The van der Waals surface area contributed by atoms with Crippen LogP contribution in [0.1, 0.15) is 90.4 Å². The van der Waals surface area contributed by atoms with E-state index in [9.17, 15) is 14.4 Å². The zero-order valence-electron chi connectivity index (χ0n) is 26.1. The smallest absolute Gasteiger partial charge is 0.343 e. The predicted octanol–water partition coefficient (Wildman–Crippen LogP) is 8.75. The number of carbonyl (C=O) groups excluding carboxylic acids is 3. The summed E-state index contributed by atoms with van der Waals surface area (Å²) in [5, 5.41) is 11.7. The van der Waals surface area contributed by atoms with E-state index in [-0.39, 0.29) is 32.4 Å². The number of anilines is 1. The molecule has 2 aliphatic rings. The van der Waals surface area contributed by atoms with Gasteiger partial charge in [-0.1, -0.05) is 73.8 Å². The van der Waals surface area contributed by atoms with Crippen molar-refractivity contribution in [2.45, 2.75) is 79.2 Å². The van der Waals surface area contributed by atoms with Crippen molar-refractivity contribution in [1.82, 2.24) is 4.37 Å². The number of benzene rings is 2. The second-order valence-corrected chi connectivity index (χ2v) is 14.0. The van der Waals surface area contributed by atoms with Crippen molar-refractivity contribution in [2.24, 2.45) is 5.41 Å². The zero-order valence-corrected chi connectivity index (χ0v) is 28.4. The van der Waals surface area contributed by atoms with E-state index >= 15 is 0 Å². The number of carbonyl (C=O) groups is 3. The van der Waals surface area contributed by atoms with E-state index < -0.39 is 11.5 Å². The van der Waals surface area contributed by atoms with Crippen molar-refractivity contribution in [2.75, 3.05) is 5.32 Å². The number of nitriles is 1. The van der Waals surface area contributed by atoms with Crippen LogP contribution in [-0.2, 0) is 19.1 Å². The maximum Gasteiger partial charge on any atom is 0.343 e. The number of nitrogens with one attached hydrogen (secondary N) is 1. The Hall–Kier alpha value is -3.71. The Morgan fingerprint density at radius 3 is 2.29 bits per heavy atom. The Bertz CT molecular complexity index is 1700. The van der Waals surface area contributed by atoms with Gasteiger partial charge < -0.3 is 14.8 Å². The fourth-order valence-corrected chi connectivity index (χ4v) is 6.77. The number of aromatic nitrogens is 1. The molecule has 0 saturated heterocycles. The number of ether oxygens (including phenoxy) is 2. The lowest BCUT2D eigenvalue weighted by Crippen LogP contribution is -2.31. The molecule has 1 spiro atoms. The van der Waals surface area contributed by atoms with Gasteiger partial charge in [-0.2, -0.15) is 9.64 Å². The molecule has 0 bridgehead atoms. The van der Waals surface area contributed by atoms with Crippen LogP contribution in [0.4, 0.5) is 5.69 Å². The summed E-state index contributed by atoms with van der Waals surface area (Å²) < 4.78 is 15.5. The minimum absolute atomic E-state index is 0.0976. The van der Waals surface area contributed by atoms with Crippen LogP contribution in [0.3, 0.4) is 0 Å². The first-order valence-corrected chi connectivity index (χ1v) is 16.1. The van der Waals surface area contributed by atoms with Crippen LogP contribution in [0.25, 0.3) is 5.57 Å². The van der Waals surface area contributed by atoms with Crippen LogP contribution in [0.2, 0.25) is 10.2 Å². The SMILES string of the molecule is Cc1cc(C)c(C2=C(OC(=O)CC(C)(C)C)C3(CCCC3)OC2=O)c(C)c1.N#Cc1ccccc1NC(=O)c1snc(Cl)c1Cl. The lowest BCUT2D eigenvalue weighted by Gasteiger charge is -2.26. The Labute approximate surface area is 277 Å². The molecule has 0 atom stereocenters. The van der Waals surface area contributed by atoms with Crippen LogP contribution in [0, 0.1) is 37.5 Å². The Kier molecular flexibility index (Phi) is 10.4. The number of hydrogen-bond donors (Lipinski definition) is 1. The number of esters is 2. The molecular weight excluding hydrogens is 633 g/mol. The topological polar surface area (TPSA) is 118 Å². The van der Waals surface area contributed by atoms with Crippen molar-refractivity contribution < 1.29 is 23.9 Å². The van der Waals surface area contributed by atoms with Gasteiger partial charge in [0.25, 0.3) is 5.91 Å². The first-order valence-electron chi connectivity index (χ1n) is 14.5. The minimum Gasteiger partial charge on any atom is -0.447 e. The molecule has 1 aliphatic heterocycles. The van der Waals surface area contributed by atoms with Crippen LogP contribution in [0.15, 0.2) is 42.2 Å². The largest absolute Gasteiger partial charge is 0.447 e. The van der Waals surface area contributed by atoms with E-state index in [1.807, 2.05) is 47.6 Å². The molecule has 1 amide bonds. The molecule has 5 rings (SSSR count). The summed E-state index contributed by atoms with van der Waals surface area (Å²) in [5.41, 5.74) is 4.26. The molecule has 1 N–H and O–H groups in total. The second kappa shape index (κ2) is 13.7. The lowest BCUT2D eigenvalue weighted by molar-refractivity contribution is -0.153. The number of aryl methyl sites for hydroxylation is 3. The molecule has 45 heavy (non-hydrogen) atoms. The quantitative estimate of drug-likeness (QED) is 0.270. The van der Waals surface area contributed by atoms with Gasteiger partial charge in [0.15, 0.2) is 16.5 Å². The predicted molar refractivity (Wildman–Crippen MR) is 176 cm³/mol. The zero-order chi connectivity index (χ0) is 33.1. The van der Waals surface area contributed by atoms with Gasteiger partial charge in [0, 0.05) is 0 Å². The van der Waals surface area contributed by atoms with Gasteiger partial charge in [-0.25, -0.2) is 4.79 Å². The number of para-hydroxylation sites is 1. The van der Waals surface area contributed by atoms with Crippen LogP contribution in [0.5, 0.6) is 0 Å². The molecule has 0 radical (unpaired) electrons. The average Bonchev–Trinajstić information content (AvgIpc) is 3.62. The molecule has 8 nitrogen and oxygen atoms in total. The van der Waals surface area contributed by atoms with Crippen molar-refractivity contribution >= 4 is 63.8 Å². The highest BCUT2D eigenvalue weighted by Gasteiger charge is 2.52. The fraction of sp³-hybridized carbons (Fsp3) is 0.382. The van der Waals surface area contributed by atoms with Gasteiger partial charge >= 0.3 is 11.9 Å². The van der Waals surface area contributed by atoms with Gasteiger partial charge in [0.2, 0.25) is 0 Å². The van der Waals surface area contributed by atoms with E-state index in [2.05, 4.69) is 21.8 Å². The van der Waals surface area contributed by atoms with Gasteiger partial charge in [0.05, 0.1) is 17.7 Å². The first kappa shape index (κ1) is 34.2.